The normalized spacial score (nSPS) is 12.7. The molecule has 3 N–H and O–H groups in total. The van der Waals surface area contributed by atoms with Gasteiger partial charge in [0.2, 0.25) is 5.91 Å². The fourth-order valence-corrected chi connectivity index (χ4v) is 1.66. The summed E-state index contributed by atoms with van der Waals surface area (Å²) in [6, 6.07) is 0. The van der Waals surface area contributed by atoms with E-state index >= 15 is 0 Å². The van der Waals surface area contributed by atoms with Crippen molar-refractivity contribution in [1.82, 2.24) is 20.0 Å². The highest BCUT2D eigenvalue weighted by Crippen LogP contribution is 2.00. The Labute approximate surface area is 102 Å². The van der Waals surface area contributed by atoms with E-state index in [1.807, 2.05) is 14.0 Å². The Balaban J connectivity index is 2.30. The molecule has 0 saturated carbocycles. The van der Waals surface area contributed by atoms with E-state index in [0.717, 1.165) is 19.6 Å². The van der Waals surface area contributed by atoms with Crippen LogP contribution in [-0.4, -0.2) is 47.8 Å². The van der Waals surface area contributed by atoms with Crippen LogP contribution < -0.4 is 11.1 Å². The maximum Gasteiger partial charge on any atom is 0.223 e. The lowest BCUT2D eigenvalue weighted by Crippen LogP contribution is -2.35. The van der Waals surface area contributed by atoms with Crippen molar-refractivity contribution in [3.05, 3.63) is 12.4 Å². The Bertz CT molecular complexity index is 362. The maximum absolute atomic E-state index is 11.4. The Hall–Kier alpha value is -1.56. The number of anilines is 1. The second-order valence-electron chi connectivity index (χ2n) is 4.31. The summed E-state index contributed by atoms with van der Waals surface area (Å²) >= 11 is 0. The van der Waals surface area contributed by atoms with E-state index in [1.54, 1.807) is 24.1 Å². The summed E-state index contributed by atoms with van der Waals surface area (Å²) in [4.78, 5) is 13.5. The molecule has 1 amide bonds. The molecule has 0 aliphatic carbocycles. The molecule has 0 aromatic carbocycles. The fourth-order valence-electron chi connectivity index (χ4n) is 1.66. The number of amides is 1. The molecule has 1 unspecified atom stereocenters. The number of hydrogen-bond acceptors (Lipinski definition) is 4. The summed E-state index contributed by atoms with van der Waals surface area (Å²) in [5.41, 5.74) is 6.25. The Morgan fingerprint density at radius 3 is 2.94 bits per heavy atom. The van der Waals surface area contributed by atoms with Crippen LogP contribution in [0.15, 0.2) is 12.4 Å². The molecule has 1 aromatic heterocycles. The molecule has 0 aliphatic rings. The van der Waals surface area contributed by atoms with Gasteiger partial charge >= 0.3 is 0 Å². The van der Waals surface area contributed by atoms with Gasteiger partial charge in [0.05, 0.1) is 18.4 Å². The Morgan fingerprint density at radius 1 is 1.71 bits per heavy atom. The topological polar surface area (TPSA) is 76.2 Å². The molecule has 0 bridgehead atoms. The molecule has 1 heterocycles. The highest BCUT2D eigenvalue weighted by atomic mass is 16.1. The molecule has 96 valence electrons. The molecule has 1 atom stereocenters. The van der Waals surface area contributed by atoms with Gasteiger partial charge in [0.1, 0.15) is 0 Å². The maximum atomic E-state index is 11.4. The lowest BCUT2D eigenvalue weighted by molar-refractivity contribution is -0.124. The molecule has 17 heavy (non-hydrogen) atoms. The van der Waals surface area contributed by atoms with Crippen molar-refractivity contribution in [2.45, 2.75) is 13.5 Å². The van der Waals surface area contributed by atoms with Crippen LogP contribution in [0.3, 0.4) is 0 Å². The summed E-state index contributed by atoms with van der Waals surface area (Å²) in [6.07, 6.45) is 3.43. The molecule has 0 aliphatic heterocycles. The first-order valence-corrected chi connectivity index (χ1v) is 5.71. The first kappa shape index (κ1) is 13.5. The molecule has 0 radical (unpaired) electrons. The van der Waals surface area contributed by atoms with E-state index in [9.17, 15) is 4.79 Å². The van der Waals surface area contributed by atoms with Crippen LogP contribution in [0, 0.1) is 5.92 Å². The van der Waals surface area contributed by atoms with Crippen LogP contribution in [0.5, 0.6) is 0 Å². The van der Waals surface area contributed by atoms with Crippen molar-refractivity contribution >= 4 is 11.6 Å². The lowest BCUT2D eigenvalue weighted by Gasteiger charge is -2.20. The first-order chi connectivity index (χ1) is 8.02. The molecule has 1 rings (SSSR count). The highest BCUT2D eigenvalue weighted by Gasteiger charge is 2.13. The minimum Gasteiger partial charge on any atom is -0.396 e. The second-order valence-corrected chi connectivity index (χ2v) is 4.31. The van der Waals surface area contributed by atoms with Crippen LogP contribution in [0.2, 0.25) is 0 Å². The van der Waals surface area contributed by atoms with Gasteiger partial charge in [-0.3, -0.25) is 9.48 Å². The number of nitrogen functional groups attached to an aromatic ring is 1. The minimum absolute atomic E-state index is 0.00677. The molecular formula is C11H21N5O. The van der Waals surface area contributed by atoms with Crippen molar-refractivity contribution in [1.29, 1.82) is 0 Å². The van der Waals surface area contributed by atoms with Gasteiger partial charge in [0, 0.05) is 32.3 Å². The number of nitrogens with two attached hydrogens (primary N) is 1. The molecule has 0 spiro atoms. The zero-order chi connectivity index (χ0) is 12.8. The van der Waals surface area contributed by atoms with E-state index in [2.05, 4.69) is 15.3 Å². The van der Waals surface area contributed by atoms with Crippen LogP contribution in [0.1, 0.15) is 6.92 Å². The Morgan fingerprint density at radius 2 is 2.41 bits per heavy atom. The average molecular weight is 239 g/mol. The largest absolute Gasteiger partial charge is 0.396 e. The third-order valence-electron chi connectivity index (χ3n) is 2.64. The lowest BCUT2D eigenvalue weighted by atomic mass is 10.1. The van der Waals surface area contributed by atoms with Crippen molar-refractivity contribution in [3.63, 3.8) is 0 Å². The van der Waals surface area contributed by atoms with Crippen LogP contribution >= 0.6 is 0 Å². The quantitative estimate of drug-likeness (QED) is 0.719. The molecule has 0 saturated heterocycles. The SMILES string of the molecule is CNC(=O)C(C)CN(C)CCn1cc(N)cn1. The van der Waals surface area contributed by atoms with Gasteiger partial charge in [0.15, 0.2) is 0 Å². The van der Waals surface area contributed by atoms with Crippen molar-refractivity contribution in [2.75, 3.05) is 32.9 Å². The van der Waals surface area contributed by atoms with Crippen molar-refractivity contribution < 1.29 is 4.79 Å². The fraction of sp³-hybridized carbons (Fsp3) is 0.636. The number of nitrogens with zero attached hydrogens (tertiary/aromatic N) is 3. The van der Waals surface area contributed by atoms with Gasteiger partial charge in [-0.25, -0.2) is 0 Å². The van der Waals surface area contributed by atoms with E-state index in [0.29, 0.717) is 5.69 Å². The van der Waals surface area contributed by atoms with Crippen LogP contribution in [-0.2, 0) is 11.3 Å². The van der Waals surface area contributed by atoms with Gasteiger partial charge in [-0.15, -0.1) is 0 Å². The number of carbonyl (C=O) groups is 1. The molecule has 6 heteroatoms. The number of nitrogens with one attached hydrogen (secondary N) is 1. The zero-order valence-corrected chi connectivity index (χ0v) is 10.7. The zero-order valence-electron chi connectivity index (χ0n) is 10.7. The molecule has 1 aromatic rings. The number of likely N-dealkylation sites (N-methyl/N-ethyl adjacent to an activating group) is 1. The smallest absolute Gasteiger partial charge is 0.223 e. The van der Waals surface area contributed by atoms with Crippen molar-refractivity contribution in [2.24, 2.45) is 5.92 Å². The standard InChI is InChI=1S/C11H21N5O/c1-9(11(17)13-2)7-15(3)4-5-16-8-10(12)6-14-16/h6,8-9H,4-5,7,12H2,1-3H3,(H,13,17). The predicted molar refractivity (Wildman–Crippen MR) is 67.4 cm³/mol. The summed E-state index contributed by atoms with van der Waals surface area (Å²) in [5.74, 6) is 0.0628. The van der Waals surface area contributed by atoms with Gasteiger partial charge in [-0.05, 0) is 7.05 Å². The van der Waals surface area contributed by atoms with E-state index in [1.165, 1.54) is 0 Å². The van der Waals surface area contributed by atoms with E-state index in [4.69, 9.17) is 5.73 Å². The van der Waals surface area contributed by atoms with Crippen LogP contribution in [0.4, 0.5) is 5.69 Å². The third kappa shape index (κ3) is 4.44. The molecular weight excluding hydrogens is 218 g/mol. The number of aromatic nitrogens is 2. The van der Waals surface area contributed by atoms with Gasteiger partial charge in [0.25, 0.3) is 0 Å². The average Bonchev–Trinajstić information content (AvgIpc) is 2.71. The summed E-state index contributed by atoms with van der Waals surface area (Å²) in [6.45, 7) is 4.26. The number of rotatable bonds is 6. The van der Waals surface area contributed by atoms with Gasteiger partial charge < -0.3 is 16.0 Å². The second kappa shape index (κ2) is 6.24. The predicted octanol–water partition coefficient (Wildman–Crippen LogP) is -0.221. The van der Waals surface area contributed by atoms with E-state index < -0.39 is 0 Å². The highest BCUT2D eigenvalue weighted by molar-refractivity contribution is 5.78. The number of hydrogen-bond donors (Lipinski definition) is 2. The monoisotopic (exact) mass is 239 g/mol. The minimum atomic E-state index is -0.00677. The number of carbonyl (C=O) groups excluding carboxylic acids is 1. The Kier molecular flexibility index (Phi) is 4.96. The third-order valence-corrected chi connectivity index (χ3v) is 2.64. The molecule has 6 nitrogen and oxygen atoms in total. The summed E-state index contributed by atoms with van der Waals surface area (Å²) < 4.78 is 1.80. The van der Waals surface area contributed by atoms with E-state index in [-0.39, 0.29) is 11.8 Å². The van der Waals surface area contributed by atoms with Gasteiger partial charge in [-0.2, -0.15) is 5.10 Å². The van der Waals surface area contributed by atoms with Gasteiger partial charge in [-0.1, -0.05) is 6.92 Å². The van der Waals surface area contributed by atoms with Crippen molar-refractivity contribution in [3.8, 4) is 0 Å². The molecule has 0 fully saturated rings. The van der Waals surface area contributed by atoms with Crippen LogP contribution in [0.25, 0.3) is 0 Å². The first-order valence-electron chi connectivity index (χ1n) is 5.71. The summed E-state index contributed by atoms with van der Waals surface area (Å²) in [5, 5.41) is 6.75. The summed E-state index contributed by atoms with van der Waals surface area (Å²) in [7, 11) is 3.65.